The number of amides is 1. The highest BCUT2D eigenvalue weighted by Gasteiger charge is 2.26. The van der Waals surface area contributed by atoms with Gasteiger partial charge in [0, 0.05) is 32.5 Å². The summed E-state index contributed by atoms with van der Waals surface area (Å²) < 4.78 is 2.25. The average molecular weight is 367 g/mol. The summed E-state index contributed by atoms with van der Waals surface area (Å²) in [6.07, 6.45) is 10.3. The summed E-state index contributed by atoms with van der Waals surface area (Å²) in [5.41, 5.74) is 1.32. The molecule has 0 spiro atoms. The smallest absolute Gasteiger partial charge is 0.222 e. The summed E-state index contributed by atoms with van der Waals surface area (Å²) in [6.45, 7) is 2.87. The van der Waals surface area contributed by atoms with Crippen molar-refractivity contribution in [3.05, 3.63) is 48.0 Å². The quantitative estimate of drug-likeness (QED) is 0.718. The van der Waals surface area contributed by atoms with E-state index >= 15 is 0 Å². The molecular formula is C22H30N4O. The first kappa shape index (κ1) is 18.2. The summed E-state index contributed by atoms with van der Waals surface area (Å²) in [5.74, 6) is 2.92. The second-order valence-corrected chi connectivity index (χ2v) is 8.21. The predicted molar refractivity (Wildman–Crippen MR) is 105 cm³/mol. The van der Waals surface area contributed by atoms with E-state index in [1.54, 1.807) is 0 Å². The van der Waals surface area contributed by atoms with Crippen LogP contribution >= 0.6 is 0 Å². The molecular weight excluding hydrogens is 336 g/mol. The second kappa shape index (κ2) is 8.68. The minimum atomic E-state index is 0.321. The minimum Gasteiger partial charge on any atom is -0.343 e. The van der Waals surface area contributed by atoms with E-state index < -0.39 is 0 Å². The van der Waals surface area contributed by atoms with Gasteiger partial charge in [0.2, 0.25) is 5.91 Å². The molecule has 1 saturated heterocycles. The molecule has 2 fully saturated rings. The van der Waals surface area contributed by atoms with Gasteiger partial charge in [-0.1, -0.05) is 30.3 Å². The van der Waals surface area contributed by atoms with E-state index in [1.807, 2.05) is 12.4 Å². The molecule has 27 heavy (non-hydrogen) atoms. The number of rotatable bonds is 8. The third kappa shape index (κ3) is 5.18. The molecule has 4 rings (SSSR count). The lowest BCUT2D eigenvalue weighted by molar-refractivity contribution is -0.132. The van der Waals surface area contributed by atoms with Crippen LogP contribution in [-0.4, -0.2) is 38.7 Å². The number of hydrogen-bond donors (Lipinski definition) is 0. The first-order valence-electron chi connectivity index (χ1n) is 10.5. The average Bonchev–Trinajstić information content (AvgIpc) is 3.42. The fourth-order valence-corrected chi connectivity index (χ4v) is 4.06. The Hall–Kier alpha value is -2.17. The Kier molecular flexibility index (Phi) is 5.85. The highest BCUT2D eigenvalue weighted by molar-refractivity contribution is 5.76. The molecule has 0 unspecified atom stereocenters. The second-order valence-electron chi connectivity index (χ2n) is 8.21. The van der Waals surface area contributed by atoms with Crippen LogP contribution in [0.2, 0.25) is 0 Å². The first-order valence-corrected chi connectivity index (χ1v) is 10.5. The number of likely N-dealkylation sites (tertiary alicyclic amines) is 1. The molecule has 144 valence electrons. The molecule has 1 aliphatic heterocycles. The molecule has 2 aromatic rings. The maximum absolute atomic E-state index is 12.5. The van der Waals surface area contributed by atoms with Crippen molar-refractivity contribution in [3.8, 4) is 0 Å². The summed E-state index contributed by atoms with van der Waals surface area (Å²) in [5, 5.41) is 8.47. The van der Waals surface area contributed by atoms with Crippen molar-refractivity contribution >= 4 is 5.91 Å². The molecule has 5 heteroatoms. The predicted octanol–water partition coefficient (Wildman–Crippen LogP) is 3.49. The SMILES string of the molecule is O=C(CCCc1ccccc1)N1CCC(Cc2nncn2CC2CC2)CC1. The number of aromatic nitrogens is 3. The molecule has 1 saturated carbocycles. The van der Waals surface area contributed by atoms with Crippen molar-refractivity contribution in [3.63, 3.8) is 0 Å². The van der Waals surface area contributed by atoms with E-state index in [2.05, 4.69) is 43.9 Å². The van der Waals surface area contributed by atoms with Crippen LogP contribution in [0, 0.1) is 11.8 Å². The topological polar surface area (TPSA) is 51.0 Å². The Labute approximate surface area is 161 Å². The monoisotopic (exact) mass is 366 g/mol. The van der Waals surface area contributed by atoms with Crippen LogP contribution < -0.4 is 0 Å². The van der Waals surface area contributed by atoms with Gasteiger partial charge in [-0.05, 0) is 55.9 Å². The van der Waals surface area contributed by atoms with E-state index in [0.29, 0.717) is 18.2 Å². The Morgan fingerprint density at radius 1 is 1.04 bits per heavy atom. The minimum absolute atomic E-state index is 0.321. The molecule has 0 radical (unpaired) electrons. The fraction of sp³-hybridized carbons (Fsp3) is 0.591. The maximum Gasteiger partial charge on any atom is 0.222 e. The van der Waals surface area contributed by atoms with Crippen molar-refractivity contribution in [1.82, 2.24) is 19.7 Å². The molecule has 0 atom stereocenters. The van der Waals surface area contributed by atoms with E-state index in [9.17, 15) is 4.79 Å². The van der Waals surface area contributed by atoms with E-state index in [-0.39, 0.29) is 0 Å². The zero-order valence-corrected chi connectivity index (χ0v) is 16.1. The van der Waals surface area contributed by atoms with Crippen molar-refractivity contribution in [2.24, 2.45) is 11.8 Å². The zero-order chi connectivity index (χ0) is 18.5. The number of piperidine rings is 1. The summed E-state index contributed by atoms with van der Waals surface area (Å²) >= 11 is 0. The van der Waals surface area contributed by atoms with E-state index in [4.69, 9.17) is 0 Å². The molecule has 1 amide bonds. The Morgan fingerprint density at radius 3 is 2.56 bits per heavy atom. The summed E-state index contributed by atoms with van der Waals surface area (Å²) in [4.78, 5) is 14.6. The van der Waals surface area contributed by atoms with E-state index in [0.717, 1.165) is 63.5 Å². The Morgan fingerprint density at radius 2 is 1.81 bits per heavy atom. The van der Waals surface area contributed by atoms with Crippen molar-refractivity contribution in [2.75, 3.05) is 13.1 Å². The Bertz CT molecular complexity index is 730. The van der Waals surface area contributed by atoms with Crippen molar-refractivity contribution < 1.29 is 4.79 Å². The van der Waals surface area contributed by atoms with Gasteiger partial charge in [-0.2, -0.15) is 0 Å². The third-order valence-corrected chi connectivity index (χ3v) is 5.98. The van der Waals surface area contributed by atoms with Gasteiger partial charge < -0.3 is 9.47 Å². The molecule has 0 bridgehead atoms. The first-order chi connectivity index (χ1) is 13.3. The van der Waals surface area contributed by atoms with Gasteiger partial charge in [0.05, 0.1) is 0 Å². The maximum atomic E-state index is 12.5. The lowest BCUT2D eigenvalue weighted by Gasteiger charge is -2.32. The van der Waals surface area contributed by atoms with Crippen LogP contribution in [0.3, 0.4) is 0 Å². The van der Waals surface area contributed by atoms with Crippen LogP contribution in [0.4, 0.5) is 0 Å². The van der Waals surface area contributed by atoms with Crippen LogP contribution in [0.5, 0.6) is 0 Å². The van der Waals surface area contributed by atoms with Gasteiger partial charge in [0.25, 0.3) is 0 Å². The van der Waals surface area contributed by atoms with Gasteiger partial charge in [0.1, 0.15) is 12.2 Å². The lowest BCUT2D eigenvalue weighted by atomic mass is 9.93. The molecule has 2 aliphatic rings. The van der Waals surface area contributed by atoms with Crippen LogP contribution in [-0.2, 0) is 24.2 Å². The molecule has 1 aromatic carbocycles. The normalized spacial score (nSPS) is 18.0. The zero-order valence-electron chi connectivity index (χ0n) is 16.1. The highest BCUT2D eigenvalue weighted by Crippen LogP contribution is 2.31. The number of carbonyl (C=O) groups is 1. The van der Waals surface area contributed by atoms with Crippen molar-refractivity contribution in [2.45, 2.75) is 57.9 Å². The largest absolute Gasteiger partial charge is 0.343 e. The van der Waals surface area contributed by atoms with Crippen LogP contribution in [0.25, 0.3) is 0 Å². The molecule has 1 aromatic heterocycles. The van der Waals surface area contributed by atoms with Crippen LogP contribution in [0.15, 0.2) is 36.7 Å². The highest BCUT2D eigenvalue weighted by atomic mass is 16.2. The van der Waals surface area contributed by atoms with Crippen LogP contribution in [0.1, 0.15) is 49.9 Å². The summed E-state index contributed by atoms with van der Waals surface area (Å²) in [6, 6.07) is 10.4. The van der Waals surface area contributed by atoms with Gasteiger partial charge in [0.15, 0.2) is 0 Å². The number of nitrogens with zero attached hydrogens (tertiary/aromatic N) is 4. The van der Waals surface area contributed by atoms with Gasteiger partial charge >= 0.3 is 0 Å². The standard InChI is InChI=1S/C22H30N4O/c27-22(8-4-7-18-5-2-1-3-6-18)25-13-11-19(12-14-25)15-21-24-23-17-26(21)16-20-9-10-20/h1-3,5-6,17,19-20H,4,7-16H2. The fourth-order valence-electron chi connectivity index (χ4n) is 4.06. The summed E-state index contributed by atoms with van der Waals surface area (Å²) in [7, 11) is 0. The number of aryl methyl sites for hydroxylation is 1. The Balaban J connectivity index is 1.18. The number of hydrogen-bond acceptors (Lipinski definition) is 3. The van der Waals surface area contributed by atoms with Gasteiger partial charge in [-0.3, -0.25) is 4.79 Å². The molecule has 2 heterocycles. The third-order valence-electron chi connectivity index (χ3n) is 5.98. The lowest BCUT2D eigenvalue weighted by Crippen LogP contribution is -2.39. The van der Waals surface area contributed by atoms with Gasteiger partial charge in [-0.25, -0.2) is 0 Å². The number of benzene rings is 1. The number of carbonyl (C=O) groups excluding carboxylic acids is 1. The molecule has 1 aliphatic carbocycles. The van der Waals surface area contributed by atoms with Crippen molar-refractivity contribution in [1.29, 1.82) is 0 Å². The molecule has 5 nitrogen and oxygen atoms in total. The van der Waals surface area contributed by atoms with E-state index in [1.165, 1.54) is 18.4 Å². The van der Waals surface area contributed by atoms with Gasteiger partial charge in [-0.15, -0.1) is 10.2 Å². The molecule has 0 N–H and O–H groups in total.